The van der Waals surface area contributed by atoms with Crippen molar-refractivity contribution in [2.75, 3.05) is 13.2 Å². The Morgan fingerprint density at radius 1 is 1.67 bits per heavy atom. The normalized spacial score (nSPS) is 13.2. The van der Waals surface area contributed by atoms with Gasteiger partial charge in [-0.05, 0) is 35.4 Å². The summed E-state index contributed by atoms with van der Waals surface area (Å²) < 4.78 is 0. The highest BCUT2D eigenvalue weighted by molar-refractivity contribution is 7.07. The van der Waals surface area contributed by atoms with E-state index in [-0.39, 0.29) is 12.6 Å². The molecular formula is C9H15NOS. The molecule has 1 heterocycles. The van der Waals surface area contributed by atoms with E-state index in [1.54, 1.807) is 11.3 Å². The summed E-state index contributed by atoms with van der Waals surface area (Å²) in [7, 11) is 0. The van der Waals surface area contributed by atoms with Gasteiger partial charge in [0.25, 0.3) is 0 Å². The van der Waals surface area contributed by atoms with E-state index in [2.05, 4.69) is 17.6 Å². The molecule has 3 heteroatoms. The number of aliphatic hydroxyl groups excluding tert-OH is 1. The fourth-order valence-electron chi connectivity index (χ4n) is 1.08. The summed E-state index contributed by atoms with van der Waals surface area (Å²) in [4.78, 5) is 0. The minimum Gasteiger partial charge on any atom is -0.394 e. The summed E-state index contributed by atoms with van der Waals surface area (Å²) in [5, 5.41) is 16.5. The zero-order chi connectivity index (χ0) is 8.81. The first-order valence-electron chi connectivity index (χ1n) is 4.24. The van der Waals surface area contributed by atoms with Crippen LogP contribution in [-0.2, 0) is 0 Å². The van der Waals surface area contributed by atoms with Crippen molar-refractivity contribution in [3.8, 4) is 0 Å². The summed E-state index contributed by atoms with van der Waals surface area (Å²) in [6.45, 7) is 3.26. The second-order valence-corrected chi connectivity index (χ2v) is 3.53. The summed E-state index contributed by atoms with van der Waals surface area (Å²) in [6, 6.07) is 2.17. The number of aliphatic hydroxyl groups is 1. The third-order valence-corrected chi connectivity index (χ3v) is 2.47. The fourth-order valence-corrected chi connectivity index (χ4v) is 1.79. The maximum Gasteiger partial charge on any atom is 0.0626 e. The van der Waals surface area contributed by atoms with Crippen LogP contribution in [0.4, 0.5) is 0 Å². The van der Waals surface area contributed by atoms with E-state index in [9.17, 15) is 0 Å². The first-order valence-corrected chi connectivity index (χ1v) is 5.19. The third-order valence-electron chi connectivity index (χ3n) is 1.77. The van der Waals surface area contributed by atoms with Crippen molar-refractivity contribution < 1.29 is 5.11 Å². The van der Waals surface area contributed by atoms with Gasteiger partial charge in [0.05, 0.1) is 12.6 Å². The van der Waals surface area contributed by atoms with E-state index in [1.807, 2.05) is 11.4 Å². The van der Waals surface area contributed by atoms with Gasteiger partial charge in [-0.3, -0.25) is 0 Å². The van der Waals surface area contributed by atoms with Crippen LogP contribution in [0.25, 0.3) is 0 Å². The minimum absolute atomic E-state index is 0.121. The lowest BCUT2D eigenvalue weighted by atomic mass is 10.1. The molecule has 0 aliphatic heterocycles. The smallest absolute Gasteiger partial charge is 0.0626 e. The molecule has 1 rings (SSSR count). The molecule has 0 aliphatic rings. The Morgan fingerprint density at radius 2 is 2.50 bits per heavy atom. The Bertz CT molecular complexity index is 198. The molecule has 0 bridgehead atoms. The Labute approximate surface area is 77.2 Å². The van der Waals surface area contributed by atoms with Crippen LogP contribution in [-0.4, -0.2) is 18.3 Å². The monoisotopic (exact) mass is 185 g/mol. The number of hydrogen-bond donors (Lipinski definition) is 2. The Morgan fingerprint density at radius 3 is 3.00 bits per heavy atom. The molecule has 1 unspecified atom stereocenters. The Kier molecular flexibility index (Phi) is 4.29. The predicted octanol–water partition coefficient (Wildman–Crippen LogP) is 1.78. The van der Waals surface area contributed by atoms with E-state index in [4.69, 9.17) is 5.11 Å². The van der Waals surface area contributed by atoms with Gasteiger partial charge in [0.15, 0.2) is 0 Å². The minimum atomic E-state index is 0.121. The van der Waals surface area contributed by atoms with Gasteiger partial charge in [-0.1, -0.05) is 6.92 Å². The van der Waals surface area contributed by atoms with Crippen LogP contribution in [0.2, 0.25) is 0 Å². The maximum atomic E-state index is 9.07. The topological polar surface area (TPSA) is 32.3 Å². The van der Waals surface area contributed by atoms with Gasteiger partial charge in [0.2, 0.25) is 0 Å². The molecule has 0 radical (unpaired) electrons. The van der Waals surface area contributed by atoms with Crippen LogP contribution in [0, 0.1) is 0 Å². The van der Waals surface area contributed by atoms with Crippen molar-refractivity contribution >= 4 is 11.3 Å². The number of rotatable bonds is 5. The van der Waals surface area contributed by atoms with Crippen molar-refractivity contribution in [1.82, 2.24) is 5.32 Å². The highest BCUT2D eigenvalue weighted by Gasteiger charge is 2.08. The number of nitrogens with one attached hydrogen (secondary N) is 1. The molecular weight excluding hydrogens is 170 g/mol. The second-order valence-electron chi connectivity index (χ2n) is 2.75. The lowest BCUT2D eigenvalue weighted by Crippen LogP contribution is -2.24. The molecule has 0 spiro atoms. The van der Waals surface area contributed by atoms with Gasteiger partial charge in [-0.2, -0.15) is 11.3 Å². The summed E-state index contributed by atoms with van der Waals surface area (Å²) >= 11 is 1.67. The molecule has 0 aromatic carbocycles. The zero-order valence-electron chi connectivity index (χ0n) is 7.29. The van der Waals surface area contributed by atoms with E-state index < -0.39 is 0 Å². The van der Waals surface area contributed by atoms with Gasteiger partial charge < -0.3 is 10.4 Å². The van der Waals surface area contributed by atoms with Crippen LogP contribution >= 0.6 is 11.3 Å². The molecule has 1 aromatic rings. The third kappa shape index (κ3) is 2.59. The van der Waals surface area contributed by atoms with Crippen molar-refractivity contribution in [3.05, 3.63) is 22.4 Å². The molecule has 0 fully saturated rings. The largest absolute Gasteiger partial charge is 0.394 e. The molecule has 0 amide bonds. The molecule has 0 saturated carbocycles. The van der Waals surface area contributed by atoms with Crippen LogP contribution in [0.3, 0.4) is 0 Å². The average Bonchev–Trinajstić information content (AvgIpc) is 2.59. The highest BCUT2D eigenvalue weighted by atomic mass is 32.1. The molecule has 1 atom stereocenters. The van der Waals surface area contributed by atoms with Crippen LogP contribution in [0.1, 0.15) is 24.9 Å². The van der Waals surface area contributed by atoms with Crippen LogP contribution < -0.4 is 5.32 Å². The molecule has 12 heavy (non-hydrogen) atoms. The molecule has 0 aliphatic carbocycles. The predicted molar refractivity (Wildman–Crippen MR) is 52.4 cm³/mol. The molecule has 68 valence electrons. The van der Waals surface area contributed by atoms with E-state index in [0.29, 0.717) is 0 Å². The van der Waals surface area contributed by atoms with E-state index >= 15 is 0 Å². The van der Waals surface area contributed by atoms with E-state index in [0.717, 1.165) is 13.0 Å². The van der Waals surface area contributed by atoms with Crippen molar-refractivity contribution in [2.45, 2.75) is 19.4 Å². The lowest BCUT2D eigenvalue weighted by Gasteiger charge is -2.13. The SMILES string of the molecule is CCCNC(CO)c1ccsc1. The van der Waals surface area contributed by atoms with Crippen LogP contribution in [0.15, 0.2) is 16.8 Å². The molecule has 2 N–H and O–H groups in total. The lowest BCUT2D eigenvalue weighted by molar-refractivity contribution is 0.245. The Hall–Kier alpha value is -0.380. The van der Waals surface area contributed by atoms with Gasteiger partial charge in [-0.15, -0.1) is 0 Å². The van der Waals surface area contributed by atoms with Crippen molar-refractivity contribution in [3.63, 3.8) is 0 Å². The summed E-state index contributed by atoms with van der Waals surface area (Å²) in [5.41, 5.74) is 1.19. The van der Waals surface area contributed by atoms with Gasteiger partial charge in [0, 0.05) is 0 Å². The van der Waals surface area contributed by atoms with Crippen LogP contribution in [0.5, 0.6) is 0 Å². The van der Waals surface area contributed by atoms with Gasteiger partial charge >= 0.3 is 0 Å². The van der Waals surface area contributed by atoms with Gasteiger partial charge in [-0.25, -0.2) is 0 Å². The first kappa shape index (κ1) is 9.71. The fraction of sp³-hybridized carbons (Fsp3) is 0.556. The average molecular weight is 185 g/mol. The summed E-state index contributed by atoms with van der Waals surface area (Å²) in [5.74, 6) is 0. The second kappa shape index (κ2) is 5.30. The van der Waals surface area contributed by atoms with E-state index in [1.165, 1.54) is 5.56 Å². The molecule has 0 saturated heterocycles. The van der Waals surface area contributed by atoms with Crippen molar-refractivity contribution in [1.29, 1.82) is 0 Å². The first-order chi connectivity index (χ1) is 5.88. The zero-order valence-corrected chi connectivity index (χ0v) is 8.10. The number of hydrogen-bond acceptors (Lipinski definition) is 3. The molecule has 1 aromatic heterocycles. The maximum absolute atomic E-state index is 9.07. The van der Waals surface area contributed by atoms with Crippen molar-refractivity contribution in [2.24, 2.45) is 0 Å². The Balaban J connectivity index is 2.45. The molecule has 2 nitrogen and oxygen atoms in total. The summed E-state index contributed by atoms with van der Waals surface area (Å²) in [6.07, 6.45) is 1.10. The number of thiophene rings is 1. The highest BCUT2D eigenvalue weighted by Crippen LogP contribution is 2.15. The quantitative estimate of drug-likeness (QED) is 0.733. The standard InChI is InChI=1S/C9H15NOS/c1-2-4-10-9(6-11)8-3-5-12-7-8/h3,5,7,9-11H,2,4,6H2,1H3. The van der Waals surface area contributed by atoms with Gasteiger partial charge in [0.1, 0.15) is 0 Å².